The Bertz CT molecular complexity index is 1880. The minimum atomic E-state index is -1.90. The molecule has 3 heterocycles. The highest BCUT2D eigenvalue weighted by Gasteiger charge is 2.48. The number of nitrogens with two attached hydrogens (primary N) is 2. The Kier molecular flexibility index (Phi) is 8.85. The van der Waals surface area contributed by atoms with E-state index in [0.29, 0.717) is 34.9 Å². The monoisotopic (exact) mass is 710 g/mol. The molecule has 2 bridgehead atoms. The highest BCUT2D eigenvalue weighted by atomic mass is 33.1. The fraction of sp³-hybridized carbons (Fsp3) is 0.486. The second-order valence-electron chi connectivity index (χ2n) is 14.1. The van der Waals surface area contributed by atoms with Crippen LogP contribution in [0.2, 0.25) is 0 Å². The van der Waals surface area contributed by atoms with Crippen molar-refractivity contribution in [3.8, 4) is 11.5 Å². The zero-order valence-corrected chi connectivity index (χ0v) is 29.0. The van der Waals surface area contributed by atoms with Crippen molar-refractivity contribution in [3.63, 3.8) is 0 Å². The first kappa shape index (κ1) is 34.1. The molecule has 0 radical (unpaired) electrons. The van der Waals surface area contributed by atoms with Crippen molar-refractivity contribution in [1.29, 1.82) is 0 Å². The lowest BCUT2D eigenvalue weighted by atomic mass is 9.74. The Labute approximate surface area is 291 Å². The molecule has 2 aromatic carbocycles. The SMILES string of the molecule is CC(C)(O)[C@H]1Cc2c(c3c4oc5c(c(=O)c4c2OC2CCCC2)[C@H](c2ccc(NO)cc2)C=C[C@@]5(O)C[C@@](CO)(N=C(N)N)CSSC3)O1. The van der Waals surface area contributed by atoms with Crippen molar-refractivity contribution < 1.29 is 34.4 Å². The molecule has 0 amide bonds. The van der Waals surface area contributed by atoms with Crippen molar-refractivity contribution in [1.82, 2.24) is 0 Å². The number of aliphatic hydroxyl groups excluding tert-OH is 1. The summed E-state index contributed by atoms with van der Waals surface area (Å²) in [5, 5.41) is 44.1. The average Bonchev–Trinajstić information content (AvgIpc) is 3.74. The first-order valence-electron chi connectivity index (χ1n) is 16.5. The molecule has 262 valence electrons. The molecule has 4 atom stereocenters. The van der Waals surface area contributed by atoms with E-state index in [4.69, 9.17) is 25.4 Å². The maximum absolute atomic E-state index is 15.3. The van der Waals surface area contributed by atoms with Crippen LogP contribution in [-0.4, -0.2) is 62.2 Å². The molecule has 1 fully saturated rings. The van der Waals surface area contributed by atoms with Gasteiger partial charge < -0.3 is 40.7 Å². The summed E-state index contributed by atoms with van der Waals surface area (Å²) in [5.74, 6) is 0.625. The van der Waals surface area contributed by atoms with Gasteiger partial charge in [-0.25, -0.2) is 4.99 Å². The second-order valence-corrected chi connectivity index (χ2v) is 16.6. The largest absolute Gasteiger partial charge is 0.489 e. The molecule has 3 aromatic rings. The molecule has 49 heavy (non-hydrogen) atoms. The van der Waals surface area contributed by atoms with E-state index in [1.807, 2.05) is 0 Å². The van der Waals surface area contributed by atoms with Gasteiger partial charge >= 0.3 is 0 Å². The zero-order valence-electron chi connectivity index (χ0n) is 27.4. The molecule has 2 aliphatic heterocycles. The molecule has 0 saturated heterocycles. The number of nitrogens with one attached hydrogen (secondary N) is 1. The van der Waals surface area contributed by atoms with Crippen molar-refractivity contribution in [3.05, 3.63) is 74.7 Å². The topological polar surface area (TPSA) is 206 Å². The number of nitrogens with zero attached hydrogens (tertiary/aromatic N) is 1. The van der Waals surface area contributed by atoms with Crippen LogP contribution in [0.15, 0.2) is 50.6 Å². The average molecular weight is 711 g/mol. The van der Waals surface area contributed by atoms with Gasteiger partial charge in [0.15, 0.2) is 5.96 Å². The summed E-state index contributed by atoms with van der Waals surface area (Å²) in [6, 6.07) is 6.95. The maximum Gasteiger partial charge on any atom is 0.201 e. The number of guanidine groups is 1. The third-order valence-electron chi connectivity index (χ3n) is 10.0. The van der Waals surface area contributed by atoms with Crippen molar-refractivity contribution >= 4 is 44.2 Å². The summed E-state index contributed by atoms with van der Waals surface area (Å²) in [5.41, 5.74) is 12.1. The minimum absolute atomic E-state index is 0.0208. The van der Waals surface area contributed by atoms with E-state index in [9.17, 15) is 20.5 Å². The number of allylic oxidation sites excluding steroid dienone is 1. The number of fused-ring (bicyclic) bond motifs is 2. The van der Waals surface area contributed by atoms with E-state index in [0.717, 1.165) is 36.8 Å². The first-order valence-corrected chi connectivity index (χ1v) is 19.0. The van der Waals surface area contributed by atoms with Gasteiger partial charge in [0.25, 0.3) is 0 Å². The number of aliphatic imine (C=N–C) groups is 1. The lowest BCUT2D eigenvalue weighted by molar-refractivity contribution is -0.0232. The van der Waals surface area contributed by atoms with Gasteiger partial charge in [0.05, 0.1) is 29.6 Å². The van der Waals surface area contributed by atoms with Crippen LogP contribution in [0.25, 0.3) is 11.0 Å². The molecule has 1 saturated carbocycles. The standard InChI is InChI=1S/C35H42N4O8S2/c1-33(2,42)24-13-22-28(46-24)23-14-48-49-17-34(16-40,38-32(36)37)15-35(43)12-11-21(18-7-9-19(39-44)10-8-18)25-27(41)26(30(23)47-31(25)35)29(22)45-20-5-3-4-6-20/h7-12,20-21,24,39-40,42-44H,3-6,13-17H2,1-2H3,(H4,36,37,38)/t21-,24+,34-,35+/m0/s1. The summed E-state index contributed by atoms with van der Waals surface area (Å²) in [6.45, 7) is 2.91. The summed E-state index contributed by atoms with van der Waals surface area (Å²) in [6.07, 6.45) is 6.52. The molecule has 1 aromatic heterocycles. The van der Waals surface area contributed by atoms with Crippen molar-refractivity contribution in [2.24, 2.45) is 16.5 Å². The highest BCUT2D eigenvalue weighted by molar-refractivity contribution is 8.76. The summed E-state index contributed by atoms with van der Waals surface area (Å²) in [7, 11) is 2.88. The molecule has 4 aliphatic rings. The van der Waals surface area contributed by atoms with E-state index in [1.165, 1.54) is 21.6 Å². The van der Waals surface area contributed by atoms with E-state index >= 15 is 4.79 Å². The molecule has 9 N–H and O–H groups in total. The number of hydrogen-bond donors (Lipinski definition) is 7. The minimum Gasteiger partial charge on any atom is -0.489 e. The Morgan fingerprint density at radius 2 is 1.90 bits per heavy atom. The fourth-order valence-electron chi connectivity index (χ4n) is 7.53. The van der Waals surface area contributed by atoms with Crippen molar-refractivity contribution in [2.45, 2.75) is 93.0 Å². The van der Waals surface area contributed by atoms with Crippen LogP contribution in [0, 0.1) is 0 Å². The van der Waals surface area contributed by atoms with E-state index in [2.05, 4.69) is 10.5 Å². The Balaban J connectivity index is 1.55. The summed E-state index contributed by atoms with van der Waals surface area (Å²) in [4.78, 5) is 19.7. The molecule has 2 aliphatic carbocycles. The van der Waals surface area contributed by atoms with Crippen LogP contribution in [-0.2, 0) is 17.8 Å². The van der Waals surface area contributed by atoms with E-state index < -0.39 is 35.4 Å². The van der Waals surface area contributed by atoms with Gasteiger partial charge in [0.2, 0.25) is 5.43 Å². The molecule has 0 spiro atoms. The molecule has 7 rings (SSSR count). The quantitative estimate of drug-likeness (QED) is 0.0605. The molecule has 14 heteroatoms. The number of hydrogen-bond acceptors (Lipinski definition) is 12. The van der Waals surface area contributed by atoms with Gasteiger partial charge in [-0.2, -0.15) is 0 Å². The third kappa shape index (κ3) is 6.06. The lowest BCUT2D eigenvalue weighted by Crippen LogP contribution is -2.46. The molecule has 12 nitrogen and oxygen atoms in total. The van der Waals surface area contributed by atoms with Crippen LogP contribution in [0.5, 0.6) is 11.5 Å². The van der Waals surface area contributed by atoms with Crippen LogP contribution in [0.3, 0.4) is 0 Å². The smallest absolute Gasteiger partial charge is 0.201 e. The van der Waals surface area contributed by atoms with Crippen molar-refractivity contribution in [2.75, 3.05) is 17.8 Å². The Morgan fingerprint density at radius 3 is 2.55 bits per heavy atom. The predicted octanol–water partition coefficient (Wildman–Crippen LogP) is 4.17. The Hall–Kier alpha value is -3.40. The third-order valence-corrected chi connectivity index (χ3v) is 12.5. The normalized spacial score (nSPS) is 26.7. The highest BCUT2D eigenvalue weighted by Crippen LogP contribution is 2.53. The van der Waals surface area contributed by atoms with Gasteiger partial charge in [-0.15, -0.1) is 0 Å². The van der Waals surface area contributed by atoms with Crippen LogP contribution < -0.4 is 31.8 Å². The Morgan fingerprint density at radius 1 is 1.16 bits per heavy atom. The predicted molar refractivity (Wildman–Crippen MR) is 191 cm³/mol. The van der Waals surface area contributed by atoms with Crippen LogP contribution >= 0.6 is 21.6 Å². The fourth-order valence-corrected chi connectivity index (χ4v) is 10.1. The molecular weight excluding hydrogens is 669 g/mol. The van der Waals surface area contributed by atoms with E-state index in [-0.39, 0.29) is 52.0 Å². The van der Waals surface area contributed by atoms with Gasteiger partial charge in [0.1, 0.15) is 45.5 Å². The number of benzene rings is 2. The van der Waals surface area contributed by atoms with Crippen LogP contribution in [0.4, 0.5) is 5.69 Å². The molecular formula is C35H42N4O8S2. The summed E-state index contributed by atoms with van der Waals surface area (Å²) >= 11 is 0. The van der Waals surface area contributed by atoms with E-state index in [1.54, 1.807) is 50.3 Å². The van der Waals surface area contributed by atoms with Gasteiger partial charge in [-0.05, 0) is 63.3 Å². The van der Waals surface area contributed by atoms with Gasteiger partial charge in [-0.1, -0.05) is 39.8 Å². The zero-order chi connectivity index (χ0) is 34.7. The van der Waals surface area contributed by atoms with Crippen LogP contribution in [0.1, 0.15) is 79.9 Å². The number of rotatable bonds is 7. The summed E-state index contributed by atoms with van der Waals surface area (Å²) < 4.78 is 20.1. The van der Waals surface area contributed by atoms with Gasteiger partial charge in [0, 0.05) is 41.4 Å². The molecule has 0 unspecified atom stereocenters. The first-order chi connectivity index (χ1) is 23.4. The number of anilines is 1. The van der Waals surface area contributed by atoms with Gasteiger partial charge in [-0.3, -0.25) is 15.5 Å². The number of ether oxygens (including phenoxy) is 2. The maximum atomic E-state index is 15.3. The lowest BCUT2D eigenvalue weighted by Gasteiger charge is -2.38. The number of aliphatic hydroxyl groups is 3. The second kappa shape index (κ2) is 12.7.